The molecule has 2 aromatic rings. The number of amides is 1. The minimum Gasteiger partial charge on any atom is -0.495 e. The molecule has 1 N–H and O–H groups in total. The van der Waals surface area contributed by atoms with Gasteiger partial charge in [-0.05, 0) is 57.8 Å². The summed E-state index contributed by atoms with van der Waals surface area (Å²) in [5, 5.41) is 3.12. The largest absolute Gasteiger partial charge is 0.495 e. The van der Waals surface area contributed by atoms with Gasteiger partial charge in [-0.25, -0.2) is 0 Å². The van der Waals surface area contributed by atoms with Gasteiger partial charge in [-0.3, -0.25) is 9.59 Å². The van der Waals surface area contributed by atoms with E-state index in [4.69, 9.17) is 16.3 Å². The zero-order valence-corrected chi connectivity index (χ0v) is 16.4. The second kappa shape index (κ2) is 8.38. The number of carbonyl (C=O) groups is 1. The smallest absolute Gasteiger partial charge is 0.263 e. The van der Waals surface area contributed by atoms with E-state index in [1.165, 1.54) is 7.11 Å². The zero-order valence-electron chi connectivity index (χ0n) is 15.7. The molecule has 26 heavy (non-hydrogen) atoms. The lowest BCUT2D eigenvalue weighted by Gasteiger charge is -2.20. The molecule has 6 nitrogen and oxygen atoms in total. The predicted octanol–water partition coefficient (Wildman–Crippen LogP) is 3.19. The quantitative estimate of drug-likeness (QED) is 0.839. The number of ether oxygens (including phenoxy) is 1. The maximum atomic E-state index is 12.8. The molecule has 1 amide bonds. The number of aryl methyl sites for hydroxylation is 1. The van der Waals surface area contributed by atoms with E-state index in [1.807, 2.05) is 25.9 Å². The summed E-state index contributed by atoms with van der Waals surface area (Å²) in [7, 11) is 5.40. The van der Waals surface area contributed by atoms with Crippen LogP contribution in [0.15, 0.2) is 35.3 Å². The Balaban J connectivity index is 2.34. The van der Waals surface area contributed by atoms with Crippen molar-refractivity contribution >= 4 is 23.2 Å². The summed E-state index contributed by atoms with van der Waals surface area (Å²) in [5.74, 6) is 0.0561. The number of methoxy groups -OCH3 is 1. The third-order valence-electron chi connectivity index (χ3n) is 4.07. The second-order valence-corrected chi connectivity index (χ2v) is 6.91. The van der Waals surface area contributed by atoms with Gasteiger partial charge in [0.15, 0.2) is 0 Å². The molecule has 0 radical (unpaired) electrons. The third-order valence-corrected chi connectivity index (χ3v) is 4.36. The van der Waals surface area contributed by atoms with Gasteiger partial charge in [-0.2, -0.15) is 0 Å². The number of hydrogen-bond acceptors (Lipinski definition) is 4. The normalized spacial score (nSPS) is 12.1. The standard InChI is InChI=1S/C19H24ClN3O3/c1-12-8-9-23(13(2)11-22(3)4)19(25)17(12)18(24)21-14-6-7-16(26-5)15(20)10-14/h6-10,13H,11H2,1-5H3,(H,21,24). The van der Waals surface area contributed by atoms with Crippen LogP contribution < -0.4 is 15.6 Å². The van der Waals surface area contributed by atoms with Crippen molar-refractivity contribution in [3.63, 3.8) is 0 Å². The van der Waals surface area contributed by atoms with Crippen molar-refractivity contribution < 1.29 is 9.53 Å². The highest BCUT2D eigenvalue weighted by atomic mass is 35.5. The van der Waals surface area contributed by atoms with E-state index in [2.05, 4.69) is 5.32 Å². The van der Waals surface area contributed by atoms with E-state index in [0.717, 1.165) is 0 Å². The number of hydrogen-bond donors (Lipinski definition) is 1. The minimum atomic E-state index is -0.458. The van der Waals surface area contributed by atoms with Crippen molar-refractivity contribution in [2.45, 2.75) is 19.9 Å². The van der Waals surface area contributed by atoms with E-state index >= 15 is 0 Å². The average Bonchev–Trinajstić information content (AvgIpc) is 2.54. The maximum Gasteiger partial charge on any atom is 0.263 e. The Morgan fingerprint density at radius 2 is 2.04 bits per heavy atom. The van der Waals surface area contributed by atoms with Gasteiger partial charge >= 0.3 is 0 Å². The average molecular weight is 378 g/mol. The molecular formula is C19H24ClN3O3. The molecular weight excluding hydrogens is 354 g/mol. The summed E-state index contributed by atoms with van der Waals surface area (Å²) in [4.78, 5) is 27.6. The lowest BCUT2D eigenvalue weighted by atomic mass is 10.1. The first kappa shape index (κ1) is 20.0. The highest BCUT2D eigenvalue weighted by Gasteiger charge is 2.19. The Bertz CT molecular complexity index is 862. The first-order valence-corrected chi connectivity index (χ1v) is 8.63. The molecule has 1 unspecified atom stereocenters. The number of rotatable bonds is 6. The molecule has 1 heterocycles. The zero-order chi connectivity index (χ0) is 19.4. The fourth-order valence-corrected chi connectivity index (χ4v) is 3.08. The fraction of sp³-hybridized carbons (Fsp3) is 0.368. The number of pyridine rings is 1. The molecule has 0 fully saturated rings. The number of halogens is 1. The number of aromatic nitrogens is 1. The fourth-order valence-electron chi connectivity index (χ4n) is 2.82. The Kier molecular flexibility index (Phi) is 6.45. The number of nitrogens with one attached hydrogen (secondary N) is 1. The number of likely N-dealkylation sites (N-methyl/N-ethyl adjacent to an activating group) is 1. The van der Waals surface area contributed by atoms with Crippen LogP contribution in [0.3, 0.4) is 0 Å². The third kappa shape index (κ3) is 4.45. The van der Waals surface area contributed by atoms with Crippen molar-refractivity contribution in [3.8, 4) is 5.75 Å². The van der Waals surface area contributed by atoms with Gasteiger partial charge in [0.25, 0.3) is 11.5 Å². The Labute approximate surface area is 158 Å². The molecule has 0 saturated carbocycles. The molecule has 0 bridgehead atoms. The van der Waals surface area contributed by atoms with Gasteiger partial charge in [0.2, 0.25) is 0 Å². The lowest BCUT2D eigenvalue weighted by molar-refractivity contribution is 0.102. The van der Waals surface area contributed by atoms with Crippen molar-refractivity contribution in [1.29, 1.82) is 0 Å². The molecule has 0 aliphatic heterocycles. The minimum absolute atomic E-state index is 0.0555. The summed E-state index contributed by atoms with van der Waals surface area (Å²) in [6.07, 6.45) is 1.73. The highest BCUT2D eigenvalue weighted by molar-refractivity contribution is 6.32. The number of anilines is 1. The van der Waals surface area contributed by atoms with Crippen LogP contribution in [0.2, 0.25) is 5.02 Å². The van der Waals surface area contributed by atoms with Crippen molar-refractivity contribution in [3.05, 3.63) is 57.0 Å². The summed E-state index contributed by atoms with van der Waals surface area (Å²) < 4.78 is 6.69. The van der Waals surface area contributed by atoms with Gasteiger partial charge in [0.05, 0.1) is 12.1 Å². The first-order valence-electron chi connectivity index (χ1n) is 8.26. The molecule has 0 saturated heterocycles. The van der Waals surface area contributed by atoms with Crippen LogP contribution in [0.1, 0.15) is 28.9 Å². The van der Waals surface area contributed by atoms with Gasteiger partial charge in [0.1, 0.15) is 11.3 Å². The maximum absolute atomic E-state index is 12.8. The summed E-state index contributed by atoms with van der Waals surface area (Å²) in [6, 6.07) is 6.65. The van der Waals surface area contributed by atoms with Crippen LogP contribution in [0.5, 0.6) is 5.75 Å². The van der Waals surface area contributed by atoms with Crippen LogP contribution in [0.4, 0.5) is 5.69 Å². The highest BCUT2D eigenvalue weighted by Crippen LogP contribution is 2.27. The van der Waals surface area contributed by atoms with Gasteiger partial charge in [0, 0.05) is 24.5 Å². The van der Waals surface area contributed by atoms with E-state index in [0.29, 0.717) is 28.6 Å². The van der Waals surface area contributed by atoms with E-state index in [-0.39, 0.29) is 17.2 Å². The molecule has 7 heteroatoms. The SMILES string of the molecule is COc1ccc(NC(=O)c2c(C)ccn(C(C)CN(C)C)c2=O)cc1Cl. The van der Waals surface area contributed by atoms with Crippen LogP contribution in [0, 0.1) is 6.92 Å². The number of benzene rings is 1. The van der Waals surface area contributed by atoms with E-state index < -0.39 is 5.91 Å². The predicted molar refractivity (Wildman–Crippen MR) is 105 cm³/mol. The molecule has 1 aromatic heterocycles. The first-order chi connectivity index (χ1) is 12.2. The molecule has 0 aliphatic rings. The monoisotopic (exact) mass is 377 g/mol. The van der Waals surface area contributed by atoms with E-state index in [9.17, 15) is 9.59 Å². The van der Waals surface area contributed by atoms with Crippen molar-refractivity contribution in [1.82, 2.24) is 9.47 Å². The number of carbonyl (C=O) groups excluding carboxylic acids is 1. The molecule has 2 rings (SSSR count). The van der Waals surface area contributed by atoms with Gasteiger partial charge in [-0.1, -0.05) is 11.6 Å². The van der Waals surface area contributed by atoms with E-state index in [1.54, 1.807) is 42.0 Å². The van der Waals surface area contributed by atoms with Gasteiger partial charge in [-0.15, -0.1) is 0 Å². The van der Waals surface area contributed by atoms with Crippen LogP contribution in [-0.2, 0) is 0 Å². The Morgan fingerprint density at radius 3 is 2.62 bits per heavy atom. The molecule has 0 aliphatic carbocycles. The van der Waals surface area contributed by atoms with Crippen molar-refractivity contribution in [2.24, 2.45) is 0 Å². The Morgan fingerprint density at radius 1 is 1.35 bits per heavy atom. The van der Waals surface area contributed by atoms with Crippen LogP contribution >= 0.6 is 11.6 Å². The summed E-state index contributed by atoms with van der Waals surface area (Å²) >= 11 is 6.09. The molecule has 1 aromatic carbocycles. The molecule has 1 atom stereocenters. The molecule has 140 valence electrons. The van der Waals surface area contributed by atoms with Crippen LogP contribution in [-0.4, -0.2) is 43.1 Å². The topological polar surface area (TPSA) is 63.6 Å². The Hall–Kier alpha value is -2.31. The summed E-state index contributed by atoms with van der Waals surface area (Å²) in [5.41, 5.74) is 0.943. The lowest BCUT2D eigenvalue weighted by Crippen LogP contribution is -2.34. The van der Waals surface area contributed by atoms with Gasteiger partial charge < -0.3 is 19.5 Å². The molecule has 0 spiro atoms. The summed E-state index contributed by atoms with van der Waals surface area (Å²) in [6.45, 7) is 4.39. The second-order valence-electron chi connectivity index (χ2n) is 6.50. The van der Waals surface area contributed by atoms with Crippen LogP contribution in [0.25, 0.3) is 0 Å². The van der Waals surface area contributed by atoms with Crippen molar-refractivity contribution in [2.75, 3.05) is 33.1 Å². The number of nitrogens with zero attached hydrogens (tertiary/aromatic N) is 2.